The Morgan fingerprint density at radius 3 is 3.05 bits per heavy atom. The van der Waals surface area contributed by atoms with E-state index >= 15 is 0 Å². The van der Waals surface area contributed by atoms with Gasteiger partial charge in [0.15, 0.2) is 0 Å². The fourth-order valence-electron chi connectivity index (χ4n) is 3.81. The maximum atomic E-state index is 12.5. The minimum absolute atomic E-state index is 0.00463. The first-order chi connectivity index (χ1) is 10.1. The van der Waals surface area contributed by atoms with E-state index in [1.165, 1.54) is 24.8 Å². The van der Waals surface area contributed by atoms with Crippen LogP contribution in [0.4, 0.5) is 5.69 Å². The molecule has 114 valence electrons. The number of hydrogen-bond acceptors (Lipinski definition) is 3. The molecule has 1 heterocycles. The van der Waals surface area contributed by atoms with Gasteiger partial charge >= 0.3 is 0 Å². The maximum Gasteiger partial charge on any atom is 0.241 e. The number of rotatable bonds is 4. The molecule has 1 saturated heterocycles. The molecule has 1 saturated carbocycles. The second-order valence-electron chi connectivity index (χ2n) is 6.67. The van der Waals surface area contributed by atoms with Crippen LogP contribution in [-0.2, 0) is 11.3 Å². The van der Waals surface area contributed by atoms with Crippen molar-refractivity contribution < 1.29 is 4.79 Å². The monoisotopic (exact) mass is 287 g/mol. The number of hydrogen-bond donors (Lipinski definition) is 2. The molecule has 3 unspecified atom stereocenters. The predicted octanol–water partition coefficient (Wildman–Crippen LogP) is 2.07. The van der Waals surface area contributed by atoms with Crippen LogP contribution in [-0.4, -0.2) is 37.5 Å². The van der Waals surface area contributed by atoms with E-state index in [1.807, 2.05) is 26.2 Å². The normalized spacial score (nSPS) is 27.9. The molecular weight excluding hydrogens is 262 g/mol. The molecule has 1 amide bonds. The number of benzene rings is 1. The zero-order valence-electron chi connectivity index (χ0n) is 12.9. The van der Waals surface area contributed by atoms with Crippen LogP contribution in [0.1, 0.15) is 24.8 Å². The third kappa shape index (κ3) is 3.27. The van der Waals surface area contributed by atoms with Gasteiger partial charge in [0.25, 0.3) is 0 Å². The van der Waals surface area contributed by atoms with Gasteiger partial charge in [-0.05, 0) is 63.0 Å². The van der Waals surface area contributed by atoms with Crippen molar-refractivity contribution in [3.8, 4) is 0 Å². The van der Waals surface area contributed by atoms with Gasteiger partial charge in [0.2, 0.25) is 5.91 Å². The van der Waals surface area contributed by atoms with Crippen LogP contribution in [0.25, 0.3) is 0 Å². The number of carbonyl (C=O) groups is 1. The molecule has 1 aromatic rings. The molecule has 1 aliphatic carbocycles. The van der Waals surface area contributed by atoms with Crippen molar-refractivity contribution in [1.82, 2.24) is 10.2 Å². The van der Waals surface area contributed by atoms with E-state index in [1.54, 1.807) is 0 Å². The smallest absolute Gasteiger partial charge is 0.241 e. The van der Waals surface area contributed by atoms with Gasteiger partial charge in [0, 0.05) is 12.2 Å². The summed E-state index contributed by atoms with van der Waals surface area (Å²) in [4.78, 5) is 14.6. The first-order valence-corrected chi connectivity index (χ1v) is 7.91. The largest absolute Gasteiger partial charge is 0.325 e. The Kier molecular flexibility index (Phi) is 4.27. The SMILES string of the molecule is CN(C)Cc1cccc(NC(=O)C2NCC3CCCC32)c1. The van der Waals surface area contributed by atoms with E-state index in [4.69, 9.17) is 0 Å². The van der Waals surface area contributed by atoms with Gasteiger partial charge in [-0.3, -0.25) is 4.79 Å². The van der Waals surface area contributed by atoms with Gasteiger partial charge in [-0.15, -0.1) is 0 Å². The predicted molar refractivity (Wildman–Crippen MR) is 85.1 cm³/mol. The number of nitrogens with zero attached hydrogens (tertiary/aromatic N) is 1. The first kappa shape index (κ1) is 14.5. The summed E-state index contributed by atoms with van der Waals surface area (Å²) in [6, 6.07) is 8.14. The van der Waals surface area contributed by atoms with Gasteiger partial charge < -0.3 is 15.5 Å². The standard InChI is InChI=1S/C17H25N3O/c1-20(2)11-12-5-3-7-14(9-12)19-17(21)16-15-8-4-6-13(15)10-18-16/h3,5,7,9,13,15-16,18H,4,6,8,10-11H2,1-2H3,(H,19,21). The van der Waals surface area contributed by atoms with Crippen molar-refractivity contribution in [1.29, 1.82) is 0 Å². The average molecular weight is 287 g/mol. The molecule has 0 bridgehead atoms. The molecule has 0 radical (unpaired) electrons. The average Bonchev–Trinajstić information content (AvgIpc) is 2.99. The van der Waals surface area contributed by atoms with Gasteiger partial charge in [-0.25, -0.2) is 0 Å². The maximum absolute atomic E-state index is 12.5. The molecule has 1 aliphatic heterocycles. The molecule has 0 spiro atoms. The molecule has 4 nitrogen and oxygen atoms in total. The quantitative estimate of drug-likeness (QED) is 0.891. The van der Waals surface area contributed by atoms with Crippen LogP contribution >= 0.6 is 0 Å². The Morgan fingerprint density at radius 1 is 1.38 bits per heavy atom. The molecule has 2 N–H and O–H groups in total. The second kappa shape index (κ2) is 6.16. The number of anilines is 1. The Balaban J connectivity index is 1.64. The van der Waals surface area contributed by atoms with Gasteiger partial charge in [-0.1, -0.05) is 18.6 Å². The van der Waals surface area contributed by atoms with Gasteiger partial charge in [-0.2, -0.15) is 0 Å². The Morgan fingerprint density at radius 2 is 2.24 bits per heavy atom. The highest BCUT2D eigenvalue weighted by Gasteiger charge is 2.42. The van der Waals surface area contributed by atoms with E-state index < -0.39 is 0 Å². The lowest BCUT2D eigenvalue weighted by Crippen LogP contribution is -2.39. The fourth-order valence-corrected chi connectivity index (χ4v) is 3.81. The van der Waals surface area contributed by atoms with Crippen LogP contribution in [0, 0.1) is 11.8 Å². The summed E-state index contributed by atoms with van der Waals surface area (Å²) in [5, 5.41) is 6.50. The first-order valence-electron chi connectivity index (χ1n) is 7.91. The van der Waals surface area contributed by atoms with E-state index in [-0.39, 0.29) is 11.9 Å². The molecule has 3 rings (SSSR count). The van der Waals surface area contributed by atoms with Crippen LogP contribution < -0.4 is 10.6 Å². The van der Waals surface area contributed by atoms with Gasteiger partial charge in [0.05, 0.1) is 6.04 Å². The lowest BCUT2D eigenvalue weighted by atomic mass is 9.93. The third-order valence-corrected chi connectivity index (χ3v) is 4.72. The molecule has 1 aromatic carbocycles. The van der Waals surface area contributed by atoms with E-state index in [2.05, 4.69) is 27.7 Å². The Hall–Kier alpha value is -1.39. The molecule has 4 heteroatoms. The lowest BCUT2D eigenvalue weighted by Gasteiger charge is -2.18. The molecule has 2 fully saturated rings. The van der Waals surface area contributed by atoms with Crippen LogP contribution in [0.5, 0.6) is 0 Å². The Labute approximate surface area is 126 Å². The lowest BCUT2D eigenvalue weighted by molar-refractivity contribution is -0.118. The highest BCUT2D eigenvalue weighted by Crippen LogP contribution is 2.37. The zero-order chi connectivity index (χ0) is 14.8. The fraction of sp³-hybridized carbons (Fsp3) is 0.588. The third-order valence-electron chi connectivity index (χ3n) is 4.72. The van der Waals surface area contributed by atoms with Gasteiger partial charge in [0.1, 0.15) is 0 Å². The molecule has 0 aromatic heterocycles. The topological polar surface area (TPSA) is 44.4 Å². The van der Waals surface area contributed by atoms with Crippen LogP contribution in [0.3, 0.4) is 0 Å². The van der Waals surface area contributed by atoms with E-state index in [0.29, 0.717) is 11.8 Å². The minimum Gasteiger partial charge on any atom is -0.325 e. The minimum atomic E-state index is -0.00463. The Bertz CT molecular complexity index is 515. The molecule has 3 atom stereocenters. The van der Waals surface area contributed by atoms with Crippen molar-refractivity contribution in [2.75, 3.05) is 26.0 Å². The summed E-state index contributed by atoms with van der Waals surface area (Å²) in [6.45, 7) is 1.89. The molecular formula is C17H25N3O. The highest BCUT2D eigenvalue weighted by molar-refractivity contribution is 5.95. The van der Waals surface area contributed by atoms with Crippen LogP contribution in [0.2, 0.25) is 0 Å². The summed E-state index contributed by atoms with van der Waals surface area (Å²) in [6.07, 6.45) is 3.75. The number of fused-ring (bicyclic) bond motifs is 1. The van der Waals surface area contributed by atoms with E-state index in [9.17, 15) is 4.79 Å². The van der Waals surface area contributed by atoms with E-state index in [0.717, 1.165) is 18.8 Å². The van der Waals surface area contributed by atoms with Crippen LogP contribution in [0.15, 0.2) is 24.3 Å². The molecule has 21 heavy (non-hydrogen) atoms. The van der Waals surface area contributed by atoms with Crippen molar-refractivity contribution in [2.45, 2.75) is 31.8 Å². The summed E-state index contributed by atoms with van der Waals surface area (Å²) < 4.78 is 0. The van der Waals surface area contributed by atoms with Crippen molar-refractivity contribution in [2.24, 2.45) is 11.8 Å². The van der Waals surface area contributed by atoms with Crippen molar-refractivity contribution in [3.05, 3.63) is 29.8 Å². The summed E-state index contributed by atoms with van der Waals surface area (Å²) in [7, 11) is 4.10. The zero-order valence-corrected chi connectivity index (χ0v) is 12.9. The second-order valence-corrected chi connectivity index (χ2v) is 6.67. The van der Waals surface area contributed by atoms with Crippen molar-refractivity contribution in [3.63, 3.8) is 0 Å². The number of nitrogens with one attached hydrogen (secondary N) is 2. The highest BCUT2D eigenvalue weighted by atomic mass is 16.2. The number of amides is 1. The summed E-state index contributed by atoms with van der Waals surface area (Å²) in [5.41, 5.74) is 2.12. The van der Waals surface area contributed by atoms with Crippen molar-refractivity contribution >= 4 is 11.6 Å². The summed E-state index contributed by atoms with van der Waals surface area (Å²) >= 11 is 0. The number of carbonyl (C=O) groups excluding carboxylic acids is 1. The molecule has 2 aliphatic rings. The summed E-state index contributed by atoms with van der Waals surface area (Å²) in [5.74, 6) is 1.38.